The molecule has 0 radical (unpaired) electrons. The fraction of sp³-hybridized carbons (Fsp3) is 0.632. The summed E-state index contributed by atoms with van der Waals surface area (Å²) < 4.78 is 58.4. The molecule has 0 spiro atoms. The maximum absolute atomic E-state index is 12.5. The van der Waals surface area contributed by atoms with Crippen LogP contribution < -0.4 is 10.1 Å². The van der Waals surface area contributed by atoms with Crippen LogP contribution in [0.25, 0.3) is 0 Å². The van der Waals surface area contributed by atoms with Crippen molar-refractivity contribution in [3.8, 4) is 5.75 Å². The smallest absolute Gasteiger partial charge is 0.387 e. The molecule has 1 aliphatic rings. The first kappa shape index (κ1) is 22.4. The van der Waals surface area contributed by atoms with Crippen molar-refractivity contribution < 1.29 is 36.9 Å². The van der Waals surface area contributed by atoms with E-state index in [9.17, 15) is 27.5 Å². The van der Waals surface area contributed by atoms with Gasteiger partial charge < -0.3 is 19.9 Å². The van der Waals surface area contributed by atoms with Gasteiger partial charge in [-0.3, -0.25) is 4.79 Å². The number of benzene rings is 1. The summed E-state index contributed by atoms with van der Waals surface area (Å²) in [6, 6.07) is 4.38. The molecule has 158 valence electrons. The van der Waals surface area contributed by atoms with E-state index in [1.54, 1.807) is 6.92 Å². The number of rotatable bonds is 10. The molecule has 1 fully saturated rings. The van der Waals surface area contributed by atoms with Gasteiger partial charge in [0, 0.05) is 0 Å². The summed E-state index contributed by atoms with van der Waals surface area (Å²) in [4.78, 5) is 12.4. The number of amides is 1. The Hall–Kier alpha value is -1.87. The molecule has 28 heavy (non-hydrogen) atoms. The fourth-order valence-electron chi connectivity index (χ4n) is 3.56. The van der Waals surface area contributed by atoms with Crippen LogP contribution in [0.1, 0.15) is 50.6 Å². The second kappa shape index (κ2) is 10.1. The number of hydrogen-bond donors (Lipinski definition) is 2. The van der Waals surface area contributed by atoms with E-state index in [4.69, 9.17) is 0 Å². The topological polar surface area (TPSA) is 67.8 Å². The quantitative estimate of drug-likeness (QED) is 0.575. The molecule has 0 heterocycles. The van der Waals surface area contributed by atoms with Crippen molar-refractivity contribution in [3.63, 3.8) is 0 Å². The van der Waals surface area contributed by atoms with Crippen molar-refractivity contribution in [2.24, 2.45) is 5.92 Å². The zero-order valence-electron chi connectivity index (χ0n) is 15.5. The molecule has 0 saturated heterocycles. The first-order valence-electron chi connectivity index (χ1n) is 9.13. The summed E-state index contributed by atoms with van der Waals surface area (Å²) >= 11 is 0. The third-order valence-electron chi connectivity index (χ3n) is 4.96. The second-order valence-corrected chi connectivity index (χ2v) is 7.18. The average Bonchev–Trinajstić information content (AvgIpc) is 3.13. The molecule has 1 aromatic carbocycles. The number of aliphatic hydroxyl groups is 1. The van der Waals surface area contributed by atoms with E-state index in [2.05, 4.69) is 14.8 Å². The van der Waals surface area contributed by atoms with Gasteiger partial charge in [-0.15, -0.1) is 0 Å². The number of carbonyl (C=O) groups excluding carboxylic acids is 1. The summed E-state index contributed by atoms with van der Waals surface area (Å²) in [5, 5.41) is 13.2. The normalized spacial score (nSPS) is 18.3. The van der Waals surface area contributed by atoms with Crippen molar-refractivity contribution in [1.29, 1.82) is 0 Å². The maximum atomic E-state index is 12.5. The minimum absolute atomic E-state index is 0.00298. The lowest BCUT2D eigenvalue weighted by Gasteiger charge is -2.30. The van der Waals surface area contributed by atoms with Gasteiger partial charge in [-0.05, 0) is 43.4 Å². The Morgan fingerprint density at radius 3 is 2.54 bits per heavy atom. The van der Waals surface area contributed by atoms with Crippen molar-refractivity contribution in [1.82, 2.24) is 5.32 Å². The summed E-state index contributed by atoms with van der Waals surface area (Å²) in [5.74, 6) is -0.710. The van der Waals surface area contributed by atoms with Gasteiger partial charge in [0.2, 0.25) is 5.91 Å². The largest absolute Gasteiger partial charge is 0.435 e. The van der Waals surface area contributed by atoms with Crippen molar-refractivity contribution in [2.75, 3.05) is 6.61 Å². The molecule has 0 bridgehead atoms. The highest BCUT2D eigenvalue weighted by Gasteiger charge is 2.36. The molecule has 1 unspecified atom stereocenters. The fourth-order valence-corrected chi connectivity index (χ4v) is 3.56. The van der Waals surface area contributed by atoms with E-state index < -0.39 is 37.4 Å². The maximum Gasteiger partial charge on any atom is 0.387 e. The first-order chi connectivity index (χ1) is 13.2. The lowest BCUT2D eigenvalue weighted by Crippen LogP contribution is -2.41. The van der Waals surface area contributed by atoms with E-state index in [0.717, 1.165) is 25.7 Å². The number of hydrogen-bond acceptors (Lipinski definition) is 4. The van der Waals surface area contributed by atoms with Gasteiger partial charge >= 0.3 is 13.2 Å². The van der Waals surface area contributed by atoms with Crippen molar-refractivity contribution >= 4 is 5.91 Å². The second-order valence-electron chi connectivity index (χ2n) is 7.18. The van der Waals surface area contributed by atoms with Crippen molar-refractivity contribution in [3.05, 3.63) is 29.8 Å². The van der Waals surface area contributed by atoms with E-state index >= 15 is 0 Å². The third-order valence-corrected chi connectivity index (χ3v) is 4.96. The van der Waals surface area contributed by atoms with Gasteiger partial charge in [0.05, 0.1) is 24.7 Å². The van der Waals surface area contributed by atoms with Crippen LogP contribution in [-0.4, -0.2) is 36.4 Å². The molecule has 5 nitrogen and oxygen atoms in total. The van der Waals surface area contributed by atoms with Crippen LogP contribution in [-0.2, 0) is 9.53 Å². The highest BCUT2D eigenvalue weighted by atomic mass is 19.3. The zero-order chi connectivity index (χ0) is 20.7. The Labute approximate surface area is 161 Å². The Morgan fingerprint density at radius 1 is 1.25 bits per heavy atom. The Morgan fingerprint density at radius 2 is 1.93 bits per heavy atom. The van der Waals surface area contributed by atoms with Gasteiger partial charge in [0.15, 0.2) is 0 Å². The van der Waals surface area contributed by atoms with Gasteiger partial charge in [-0.25, -0.2) is 0 Å². The molecular formula is C19H25F4NO4. The number of carbonyl (C=O) groups is 1. The predicted molar refractivity (Wildman–Crippen MR) is 93.1 cm³/mol. The van der Waals surface area contributed by atoms with E-state index in [1.807, 2.05) is 0 Å². The van der Waals surface area contributed by atoms with Gasteiger partial charge in [0.1, 0.15) is 5.75 Å². The van der Waals surface area contributed by atoms with Crippen LogP contribution in [0.4, 0.5) is 17.6 Å². The molecule has 2 N–H and O–H groups in total. The van der Waals surface area contributed by atoms with Crippen LogP contribution in [0.2, 0.25) is 0 Å². The minimum atomic E-state index is -3.05. The van der Waals surface area contributed by atoms with Crippen LogP contribution in [0.5, 0.6) is 5.75 Å². The standard InChI is InChI=1S/C19H25F4NO4/c1-19(26,13-6-2-3-7-13)10-16(25)24-15(11-27-17(20)21)12-5-4-8-14(9-12)28-18(22)23/h4-5,8-9,13,15,17-18,26H,2-3,6-7,10-11H2,1H3,(H,24,25)/t15-,19?/m0/s1. The molecule has 9 heteroatoms. The van der Waals surface area contributed by atoms with Gasteiger partial charge in [-0.1, -0.05) is 25.0 Å². The van der Waals surface area contributed by atoms with E-state index in [1.165, 1.54) is 24.3 Å². The van der Waals surface area contributed by atoms with Gasteiger partial charge in [0.25, 0.3) is 0 Å². The third kappa shape index (κ3) is 6.94. The molecular weight excluding hydrogens is 382 g/mol. The Balaban J connectivity index is 2.08. The first-order valence-corrected chi connectivity index (χ1v) is 9.13. The average molecular weight is 407 g/mol. The lowest BCUT2D eigenvalue weighted by molar-refractivity contribution is -0.141. The molecule has 1 saturated carbocycles. The highest BCUT2D eigenvalue weighted by Crippen LogP contribution is 2.36. The van der Waals surface area contributed by atoms with Crippen molar-refractivity contribution in [2.45, 2.75) is 63.9 Å². The molecule has 1 aromatic rings. The number of halogens is 4. The minimum Gasteiger partial charge on any atom is -0.435 e. The van der Waals surface area contributed by atoms with E-state index in [0.29, 0.717) is 0 Å². The number of nitrogens with one attached hydrogen (secondary N) is 1. The summed E-state index contributed by atoms with van der Waals surface area (Å²) in [5.41, 5.74) is -0.942. The molecule has 0 aliphatic heterocycles. The summed E-state index contributed by atoms with van der Waals surface area (Å²) in [6.45, 7) is -5.07. The number of alkyl halides is 4. The highest BCUT2D eigenvalue weighted by molar-refractivity contribution is 5.77. The number of ether oxygens (including phenoxy) is 2. The van der Waals surface area contributed by atoms with Crippen LogP contribution in [0.15, 0.2) is 24.3 Å². The molecule has 0 aromatic heterocycles. The van der Waals surface area contributed by atoms with E-state index in [-0.39, 0.29) is 23.7 Å². The lowest BCUT2D eigenvalue weighted by atomic mass is 9.84. The SMILES string of the molecule is CC(O)(CC(=O)N[C@@H](COC(F)F)c1cccc(OC(F)F)c1)C1CCCC1. The van der Waals surface area contributed by atoms with Crippen LogP contribution >= 0.6 is 0 Å². The molecule has 1 aliphatic carbocycles. The Kier molecular flexibility index (Phi) is 8.06. The monoisotopic (exact) mass is 407 g/mol. The summed E-state index contributed by atoms with van der Waals surface area (Å²) in [6.07, 6.45) is 3.43. The Bertz CT molecular complexity index is 636. The van der Waals surface area contributed by atoms with Gasteiger partial charge in [-0.2, -0.15) is 17.6 Å². The summed E-state index contributed by atoms with van der Waals surface area (Å²) in [7, 11) is 0. The molecule has 1 amide bonds. The predicted octanol–water partition coefficient (Wildman–Crippen LogP) is 4.02. The molecule has 2 atom stereocenters. The zero-order valence-corrected chi connectivity index (χ0v) is 15.5. The molecule has 2 rings (SSSR count). The van der Waals surface area contributed by atoms with Crippen LogP contribution in [0, 0.1) is 5.92 Å². The van der Waals surface area contributed by atoms with Crippen LogP contribution in [0.3, 0.4) is 0 Å².